The van der Waals surface area contributed by atoms with Crippen molar-refractivity contribution >= 4 is 11.9 Å². The number of hydrogen-bond acceptors (Lipinski definition) is 3. The number of anilines is 1. The summed E-state index contributed by atoms with van der Waals surface area (Å²) in [5.74, 6) is 0.680. The van der Waals surface area contributed by atoms with Crippen molar-refractivity contribution < 1.29 is 4.79 Å². The van der Waals surface area contributed by atoms with E-state index in [9.17, 15) is 4.79 Å². The van der Waals surface area contributed by atoms with Crippen LogP contribution < -0.4 is 10.6 Å². The first-order valence-electron chi connectivity index (χ1n) is 4.66. The minimum Gasteiger partial charge on any atom is -0.355 e. The van der Waals surface area contributed by atoms with Gasteiger partial charge in [0.1, 0.15) is 6.04 Å². The summed E-state index contributed by atoms with van der Waals surface area (Å²) in [5.41, 5.74) is 0. The summed E-state index contributed by atoms with van der Waals surface area (Å²) >= 11 is 0. The Labute approximate surface area is 83.5 Å². The van der Waals surface area contributed by atoms with Crippen molar-refractivity contribution in [1.82, 2.24) is 14.9 Å². The average molecular weight is 196 g/mol. The average Bonchev–Trinajstić information content (AvgIpc) is 2.52. The minimum atomic E-state index is -0.268. The molecule has 1 aromatic rings. The lowest BCUT2D eigenvalue weighted by Crippen LogP contribution is -2.37. The zero-order valence-electron chi connectivity index (χ0n) is 8.74. The molecular formula is C9H16N4O. The normalized spacial score (nSPS) is 12.2. The van der Waals surface area contributed by atoms with E-state index in [-0.39, 0.29) is 11.9 Å². The van der Waals surface area contributed by atoms with E-state index in [4.69, 9.17) is 0 Å². The lowest BCUT2D eigenvalue weighted by molar-refractivity contribution is -0.121. The molecule has 0 aromatic carbocycles. The van der Waals surface area contributed by atoms with Gasteiger partial charge < -0.3 is 15.2 Å². The van der Waals surface area contributed by atoms with Crippen LogP contribution in [-0.4, -0.2) is 28.0 Å². The minimum absolute atomic E-state index is 0.0181. The monoisotopic (exact) mass is 196 g/mol. The van der Waals surface area contributed by atoms with Crippen LogP contribution >= 0.6 is 0 Å². The maximum atomic E-state index is 11.4. The molecule has 1 aromatic heterocycles. The van der Waals surface area contributed by atoms with Gasteiger partial charge in [0.15, 0.2) is 0 Å². The topological polar surface area (TPSA) is 59.0 Å². The molecule has 0 bridgehead atoms. The van der Waals surface area contributed by atoms with E-state index in [1.807, 2.05) is 24.7 Å². The molecule has 1 heterocycles. The third-order valence-corrected chi connectivity index (χ3v) is 1.91. The highest BCUT2D eigenvalue weighted by molar-refractivity contribution is 5.83. The summed E-state index contributed by atoms with van der Waals surface area (Å²) in [7, 11) is 1.87. The van der Waals surface area contributed by atoms with E-state index in [2.05, 4.69) is 15.6 Å². The number of rotatable bonds is 4. The van der Waals surface area contributed by atoms with Gasteiger partial charge in [0.25, 0.3) is 0 Å². The molecule has 0 aliphatic heterocycles. The third kappa shape index (κ3) is 2.48. The van der Waals surface area contributed by atoms with Gasteiger partial charge in [0, 0.05) is 26.0 Å². The molecule has 1 atom stereocenters. The van der Waals surface area contributed by atoms with Gasteiger partial charge in [0.05, 0.1) is 0 Å². The highest BCUT2D eigenvalue weighted by atomic mass is 16.2. The Balaban J connectivity index is 2.52. The van der Waals surface area contributed by atoms with E-state index in [1.165, 1.54) is 0 Å². The Morgan fingerprint density at radius 2 is 2.43 bits per heavy atom. The molecule has 0 saturated carbocycles. The molecule has 1 unspecified atom stereocenters. The van der Waals surface area contributed by atoms with Crippen LogP contribution in [0.1, 0.15) is 13.8 Å². The van der Waals surface area contributed by atoms with Gasteiger partial charge in [-0.05, 0) is 13.8 Å². The molecule has 1 rings (SSSR count). The van der Waals surface area contributed by atoms with Gasteiger partial charge in [0.2, 0.25) is 11.9 Å². The molecule has 0 aliphatic carbocycles. The molecule has 78 valence electrons. The summed E-state index contributed by atoms with van der Waals surface area (Å²) in [4.78, 5) is 15.4. The van der Waals surface area contributed by atoms with Crippen LogP contribution in [0.25, 0.3) is 0 Å². The van der Waals surface area contributed by atoms with Crippen molar-refractivity contribution in [3.8, 4) is 0 Å². The van der Waals surface area contributed by atoms with E-state index >= 15 is 0 Å². The smallest absolute Gasteiger partial charge is 0.242 e. The quantitative estimate of drug-likeness (QED) is 0.731. The van der Waals surface area contributed by atoms with Crippen molar-refractivity contribution in [2.75, 3.05) is 11.9 Å². The lowest BCUT2D eigenvalue weighted by Gasteiger charge is -2.13. The Morgan fingerprint density at radius 1 is 1.71 bits per heavy atom. The number of carbonyl (C=O) groups is 1. The Kier molecular flexibility index (Phi) is 3.50. The van der Waals surface area contributed by atoms with Crippen molar-refractivity contribution in [3.63, 3.8) is 0 Å². The van der Waals surface area contributed by atoms with Crippen molar-refractivity contribution in [1.29, 1.82) is 0 Å². The van der Waals surface area contributed by atoms with Crippen LogP contribution in [0.2, 0.25) is 0 Å². The summed E-state index contributed by atoms with van der Waals surface area (Å²) in [6.07, 6.45) is 3.51. The van der Waals surface area contributed by atoms with Gasteiger partial charge in [-0.1, -0.05) is 0 Å². The summed E-state index contributed by atoms with van der Waals surface area (Å²) in [5, 5.41) is 5.75. The zero-order valence-corrected chi connectivity index (χ0v) is 8.74. The number of amides is 1. The van der Waals surface area contributed by atoms with Crippen LogP contribution in [0, 0.1) is 0 Å². The predicted octanol–water partition coefficient (Wildman–Crippen LogP) is 0.357. The van der Waals surface area contributed by atoms with E-state index in [0.29, 0.717) is 12.5 Å². The summed E-state index contributed by atoms with van der Waals surface area (Å²) in [6.45, 7) is 4.34. The Morgan fingerprint density at radius 3 is 2.93 bits per heavy atom. The summed E-state index contributed by atoms with van der Waals surface area (Å²) < 4.78 is 1.83. The van der Waals surface area contributed by atoms with Gasteiger partial charge in [-0.15, -0.1) is 0 Å². The number of nitrogens with one attached hydrogen (secondary N) is 2. The van der Waals surface area contributed by atoms with E-state index < -0.39 is 0 Å². The highest BCUT2D eigenvalue weighted by Crippen LogP contribution is 2.02. The molecule has 14 heavy (non-hydrogen) atoms. The fourth-order valence-corrected chi connectivity index (χ4v) is 1.09. The second-order valence-corrected chi connectivity index (χ2v) is 3.12. The van der Waals surface area contributed by atoms with Gasteiger partial charge in [-0.3, -0.25) is 4.79 Å². The zero-order chi connectivity index (χ0) is 10.6. The summed E-state index contributed by atoms with van der Waals surface area (Å²) in [6, 6.07) is -0.268. The van der Waals surface area contributed by atoms with Crippen LogP contribution in [0.5, 0.6) is 0 Å². The number of nitrogens with zero attached hydrogens (tertiary/aromatic N) is 2. The molecule has 2 N–H and O–H groups in total. The molecule has 1 amide bonds. The number of imidazole rings is 1. The predicted molar refractivity (Wildman–Crippen MR) is 55.0 cm³/mol. The highest BCUT2D eigenvalue weighted by Gasteiger charge is 2.12. The molecule has 0 fully saturated rings. The van der Waals surface area contributed by atoms with Crippen molar-refractivity contribution in [2.24, 2.45) is 7.05 Å². The molecule has 0 aliphatic rings. The fourth-order valence-electron chi connectivity index (χ4n) is 1.09. The van der Waals surface area contributed by atoms with Gasteiger partial charge >= 0.3 is 0 Å². The lowest BCUT2D eigenvalue weighted by atomic mass is 10.3. The first-order chi connectivity index (χ1) is 6.65. The number of hydrogen-bond donors (Lipinski definition) is 2. The molecule has 5 heteroatoms. The fraction of sp³-hybridized carbons (Fsp3) is 0.556. The van der Waals surface area contributed by atoms with Gasteiger partial charge in [-0.2, -0.15) is 0 Å². The number of aromatic nitrogens is 2. The van der Waals surface area contributed by atoms with E-state index in [1.54, 1.807) is 13.1 Å². The molecule has 5 nitrogen and oxygen atoms in total. The van der Waals surface area contributed by atoms with Crippen LogP contribution in [0.4, 0.5) is 5.95 Å². The van der Waals surface area contributed by atoms with Crippen LogP contribution in [-0.2, 0) is 11.8 Å². The molecule has 0 radical (unpaired) electrons. The van der Waals surface area contributed by atoms with Gasteiger partial charge in [-0.25, -0.2) is 4.98 Å². The second-order valence-electron chi connectivity index (χ2n) is 3.12. The number of aryl methyl sites for hydroxylation is 1. The largest absolute Gasteiger partial charge is 0.355 e. The maximum Gasteiger partial charge on any atom is 0.242 e. The molecular weight excluding hydrogens is 180 g/mol. The first kappa shape index (κ1) is 10.6. The molecule has 0 saturated heterocycles. The van der Waals surface area contributed by atoms with Crippen LogP contribution in [0.3, 0.4) is 0 Å². The Bertz CT molecular complexity index is 308. The first-order valence-corrected chi connectivity index (χ1v) is 4.66. The second kappa shape index (κ2) is 4.64. The Hall–Kier alpha value is -1.52. The molecule has 0 spiro atoms. The van der Waals surface area contributed by atoms with E-state index in [0.717, 1.165) is 0 Å². The number of carbonyl (C=O) groups excluding carboxylic acids is 1. The van der Waals surface area contributed by atoms with Crippen molar-refractivity contribution in [2.45, 2.75) is 19.9 Å². The SMILES string of the molecule is CCNC(=O)C(C)Nc1nccn1C. The van der Waals surface area contributed by atoms with Crippen molar-refractivity contribution in [3.05, 3.63) is 12.4 Å². The maximum absolute atomic E-state index is 11.4. The van der Waals surface area contributed by atoms with Crippen LogP contribution in [0.15, 0.2) is 12.4 Å². The number of likely N-dealkylation sites (N-methyl/N-ethyl adjacent to an activating group) is 1. The standard InChI is InChI=1S/C9H16N4O/c1-4-10-8(14)7(2)12-9-11-5-6-13(9)3/h5-7H,4H2,1-3H3,(H,10,14)(H,11,12). The third-order valence-electron chi connectivity index (χ3n) is 1.91.